The molecule has 57 heavy (non-hydrogen) atoms. The summed E-state index contributed by atoms with van der Waals surface area (Å²) < 4.78 is 16.4. The average molecular weight is 822 g/mol. The predicted octanol–water partition coefficient (Wildman–Crippen LogP) is 8.38. The Hall–Kier alpha value is -4.76. The molecule has 0 aliphatic carbocycles. The molecular weight excluding hydrogens is 776 g/mol. The third kappa shape index (κ3) is 8.05. The number of ether oxygens (including phenoxy) is 3. The van der Waals surface area contributed by atoms with E-state index in [0.29, 0.717) is 36.5 Å². The summed E-state index contributed by atoms with van der Waals surface area (Å²) in [4.78, 5) is 37.8. The van der Waals surface area contributed by atoms with Gasteiger partial charge in [-0.2, -0.15) is 0 Å². The summed E-state index contributed by atoms with van der Waals surface area (Å²) >= 11 is 13.7. The number of halogens is 2. The number of hydrogen-bond donors (Lipinski definition) is 1. The van der Waals surface area contributed by atoms with Crippen LogP contribution in [0.15, 0.2) is 78.9 Å². The largest absolute Gasteiger partial charge is 0.467 e. The lowest BCUT2D eigenvalue weighted by atomic mass is 9.87. The van der Waals surface area contributed by atoms with Crippen LogP contribution < -0.4 is 9.80 Å². The molecule has 8 rings (SSSR count). The first-order valence-electron chi connectivity index (χ1n) is 19.4. The molecule has 2 fully saturated rings. The van der Waals surface area contributed by atoms with Gasteiger partial charge in [0.05, 0.1) is 61.0 Å². The van der Waals surface area contributed by atoms with Crippen LogP contribution in [0.3, 0.4) is 0 Å². The minimum absolute atomic E-state index is 0.269. The normalized spacial score (nSPS) is 18.5. The van der Waals surface area contributed by atoms with Gasteiger partial charge < -0.3 is 33.9 Å². The van der Waals surface area contributed by atoms with Gasteiger partial charge in [0.2, 0.25) is 0 Å². The smallest absolute Gasteiger partial charge is 0.328 e. The van der Waals surface area contributed by atoms with Gasteiger partial charge in [0.15, 0.2) is 0 Å². The SMILES string of the molecule is COC(=O)C1Cc2c([nH]c3ccc(-c4ccc(N5CCOCC5)c(Cl)c4)cc23)C(c2ccc(-c3ccc(N4CCOCC4)c(Cl)c3)cc2)N1C(=O)C#C[Si](C)(C)C. The molecular formula is C45H46Cl2N4O5Si. The molecule has 4 aromatic carbocycles. The highest BCUT2D eigenvalue weighted by atomic mass is 35.5. The number of aromatic nitrogens is 1. The third-order valence-corrected chi connectivity index (χ3v) is 12.4. The summed E-state index contributed by atoms with van der Waals surface area (Å²) in [5.74, 6) is 2.03. The zero-order valence-corrected chi connectivity index (χ0v) is 35.2. The van der Waals surface area contributed by atoms with Crippen molar-refractivity contribution in [3.8, 4) is 33.7 Å². The quantitative estimate of drug-likeness (QED) is 0.105. The van der Waals surface area contributed by atoms with E-state index in [-0.39, 0.29) is 6.42 Å². The Labute approximate surface area is 344 Å². The summed E-state index contributed by atoms with van der Waals surface area (Å²) in [5.41, 5.74) is 12.7. The number of methoxy groups -OCH3 is 1. The number of esters is 1. The van der Waals surface area contributed by atoms with E-state index in [0.717, 1.165) is 87.5 Å². The Balaban J connectivity index is 1.20. The maximum absolute atomic E-state index is 14.3. The number of rotatable bonds is 6. The number of morpholine rings is 2. The van der Waals surface area contributed by atoms with Crippen LogP contribution in [-0.4, -0.2) is 95.6 Å². The number of amides is 1. The second kappa shape index (κ2) is 16.2. The minimum Gasteiger partial charge on any atom is -0.467 e. The second-order valence-electron chi connectivity index (χ2n) is 15.8. The van der Waals surface area contributed by atoms with Crippen LogP contribution in [0.4, 0.5) is 11.4 Å². The third-order valence-electron chi connectivity index (χ3n) is 11.0. The zero-order chi connectivity index (χ0) is 39.8. The summed E-state index contributed by atoms with van der Waals surface area (Å²) in [7, 11) is -0.566. The number of hydrogen-bond acceptors (Lipinski definition) is 7. The van der Waals surface area contributed by atoms with Crippen LogP contribution in [-0.2, 0) is 30.2 Å². The van der Waals surface area contributed by atoms with Crippen LogP contribution in [0, 0.1) is 11.5 Å². The summed E-state index contributed by atoms with van der Waals surface area (Å²) in [6.45, 7) is 12.2. The van der Waals surface area contributed by atoms with Crippen LogP contribution in [0.5, 0.6) is 0 Å². The van der Waals surface area contributed by atoms with Crippen molar-refractivity contribution in [2.24, 2.45) is 0 Å². The van der Waals surface area contributed by atoms with Crippen molar-refractivity contribution in [3.05, 3.63) is 106 Å². The predicted molar refractivity (Wildman–Crippen MR) is 231 cm³/mol. The summed E-state index contributed by atoms with van der Waals surface area (Å²) in [6, 6.07) is 25.2. The molecule has 0 saturated carbocycles. The van der Waals surface area contributed by atoms with E-state index in [4.69, 9.17) is 37.4 Å². The maximum atomic E-state index is 14.3. The van der Waals surface area contributed by atoms with Crippen molar-refractivity contribution in [1.29, 1.82) is 0 Å². The number of H-pyrrole nitrogens is 1. The van der Waals surface area contributed by atoms with Gasteiger partial charge in [-0.25, -0.2) is 4.79 Å². The lowest BCUT2D eigenvalue weighted by molar-refractivity contribution is -0.153. The standard InChI is InChI=1S/C45H46Cl2N4O5Si/c1-54-45(53)41-28-35-34-25-31(33-11-14-40(37(47)27-33)50-18-22-56-23-19-50)9-12-38(34)48-43(35)44(51(41)42(52)15-24-57(2,3)4)30-7-5-29(6-8-30)32-10-13-39(36(46)26-32)49-16-20-55-21-17-49/h5-14,25-27,41,44,48H,16-23,28H2,1-4H3. The number of nitrogens with zero attached hydrogens (tertiary/aromatic N) is 3. The van der Waals surface area contributed by atoms with Gasteiger partial charge in [0.25, 0.3) is 5.91 Å². The lowest BCUT2D eigenvalue weighted by Crippen LogP contribution is -2.51. The maximum Gasteiger partial charge on any atom is 0.328 e. The first kappa shape index (κ1) is 39.1. The first-order chi connectivity index (χ1) is 27.5. The number of benzene rings is 4. The van der Waals surface area contributed by atoms with Gasteiger partial charge in [-0.15, -0.1) is 5.54 Å². The van der Waals surface area contributed by atoms with E-state index in [1.54, 1.807) is 4.90 Å². The number of carbonyl (C=O) groups excluding carboxylic acids is 2. The number of carbonyl (C=O) groups is 2. The molecule has 1 N–H and O–H groups in total. The lowest BCUT2D eigenvalue weighted by Gasteiger charge is -2.40. The Bertz CT molecular complexity index is 2390. The highest BCUT2D eigenvalue weighted by molar-refractivity contribution is 6.84. The highest BCUT2D eigenvalue weighted by Gasteiger charge is 2.44. The summed E-state index contributed by atoms with van der Waals surface area (Å²) in [5, 5.41) is 2.34. The number of aromatic amines is 1. The van der Waals surface area contributed by atoms with E-state index in [1.165, 1.54) is 7.11 Å². The van der Waals surface area contributed by atoms with Crippen molar-refractivity contribution < 1.29 is 23.8 Å². The van der Waals surface area contributed by atoms with Crippen molar-refractivity contribution in [2.45, 2.75) is 38.1 Å². The molecule has 9 nitrogen and oxygen atoms in total. The van der Waals surface area contributed by atoms with Gasteiger partial charge in [0, 0.05) is 49.2 Å². The fraction of sp³-hybridized carbons (Fsp3) is 0.333. The Kier molecular flexibility index (Phi) is 11.1. The molecule has 3 aliphatic heterocycles. The molecule has 294 valence electrons. The van der Waals surface area contributed by atoms with Crippen LogP contribution in [0.2, 0.25) is 29.7 Å². The second-order valence-corrected chi connectivity index (χ2v) is 21.4. The Morgan fingerprint density at radius 3 is 1.82 bits per heavy atom. The van der Waals surface area contributed by atoms with Crippen molar-refractivity contribution in [1.82, 2.24) is 9.88 Å². The van der Waals surface area contributed by atoms with E-state index < -0.39 is 32.0 Å². The molecule has 2 unspecified atom stereocenters. The van der Waals surface area contributed by atoms with Crippen LogP contribution in [0.1, 0.15) is 22.9 Å². The molecule has 1 aromatic heterocycles. The fourth-order valence-corrected chi connectivity index (χ4v) is 9.17. The van der Waals surface area contributed by atoms with E-state index in [2.05, 4.69) is 88.4 Å². The molecule has 0 radical (unpaired) electrons. The highest BCUT2D eigenvalue weighted by Crippen LogP contribution is 2.43. The van der Waals surface area contributed by atoms with E-state index in [1.807, 2.05) is 36.4 Å². The fourth-order valence-electron chi connectivity index (χ4n) is 8.09. The van der Waals surface area contributed by atoms with Crippen molar-refractivity contribution in [3.63, 3.8) is 0 Å². The molecule has 1 amide bonds. The van der Waals surface area contributed by atoms with E-state index in [9.17, 15) is 9.59 Å². The van der Waals surface area contributed by atoms with Gasteiger partial charge >= 0.3 is 5.97 Å². The molecule has 2 saturated heterocycles. The minimum atomic E-state index is -1.93. The van der Waals surface area contributed by atoms with Gasteiger partial charge in [0.1, 0.15) is 14.1 Å². The first-order valence-corrected chi connectivity index (χ1v) is 23.7. The van der Waals surface area contributed by atoms with Crippen LogP contribution >= 0.6 is 23.2 Å². The molecule has 3 aliphatic rings. The van der Waals surface area contributed by atoms with Crippen LogP contribution in [0.25, 0.3) is 33.2 Å². The van der Waals surface area contributed by atoms with Gasteiger partial charge in [-0.05, 0) is 75.7 Å². The zero-order valence-electron chi connectivity index (χ0n) is 32.7. The van der Waals surface area contributed by atoms with E-state index >= 15 is 0 Å². The monoisotopic (exact) mass is 820 g/mol. The number of fused-ring (bicyclic) bond motifs is 3. The molecule has 12 heteroatoms. The molecule has 4 heterocycles. The Morgan fingerprint density at radius 2 is 1.28 bits per heavy atom. The average Bonchev–Trinajstić information content (AvgIpc) is 3.59. The van der Waals surface area contributed by atoms with Crippen molar-refractivity contribution >= 4 is 65.4 Å². The van der Waals surface area contributed by atoms with Gasteiger partial charge in [-0.1, -0.05) is 85.3 Å². The Morgan fingerprint density at radius 1 is 0.754 bits per heavy atom. The summed E-state index contributed by atoms with van der Waals surface area (Å²) in [6.07, 6.45) is 0.269. The van der Waals surface area contributed by atoms with Gasteiger partial charge in [-0.3, -0.25) is 4.79 Å². The topological polar surface area (TPSA) is 87.3 Å². The molecule has 0 spiro atoms. The molecule has 5 aromatic rings. The molecule has 0 bridgehead atoms. The van der Waals surface area contributed by atoms with Crippen molar-refractivity contribution in [2.75, 3.05) is 69.5 Å². The number of anilines is 2. The number of nitrogens with one attached hydrogen (secondary N) is 1. The molecule has 2 atom stereocenters.